The summed E-state index contributed by atoms with van der Waals surface area (Å²) in [4.78, 5) is 9.48. The molecule has 4 fully saturated rings. The Bertz CT molecular complexity index is 492. The van der Waals surface area contributed by atoms with Crippen molar-refractivity contribution in [1.29, 1.82) is 0 Å². The zero-order chi connectivity index (χ0) is 14.7. The topological polar surface area (TPSA) is 39.6 Å². The second kappa shape index (κ2) is 4.51. The van der Waals surface area contributed by atoms with Crippen LogP contribution < -0.4 is 0 Å². The number of pyridine rings is 1. The van der Waals surface area contributed by atoms with Gasteiger partial charge in [0.1, 0.15) is 0 Å². The molecular weight excluding hydrogens is 262 g/mol. The first-order valence-electron chi connectivity index (χ1n) is 8.20. The predicted molar refractivity (Wildman–Crippen MR) is 81.6 cm³/mol. The number of aromatic nitrogens is 1. The van der Waals surface area contributed by atoms with Crippen LogP contribution in [0.2, 0.25) is 0 Å². The van der Waals surface area contributed by atoms with Crippen LogP contribution >= 0.6 is 0 Å². The zero-order valence-corrected chi connectivity index (χ0v) is 13.0. The van der Waals surface area contributed by atoms with Gasteiger partial charge in [-0.1, -0.05) is 19.9 Å². The van der Waals surface area contributed by atoms with E-state index in [9.17, 15) is 5.11 Å². The molecule has 5 rings (SSSR count). The minimum Gasteiger partial charge on any atom is -0.392 e. The highest BCUT2D eigenvalue weighted by Gasteiger charge is 2.63. The molecule has 0 aromatic carbocycles. The number of nitrogens with zero attached hydrogens (tertiary/aromatic N) is 3. The summed E-state index contributed by atoms with van der Waals surface area (Å²) in [7, 11) is 0. The van der Waals surface area contributed by atoms with E-state index >= 15 is 0 Å². The zero-order valence-electron chi connectivity index (χ0n) is 13.0. The SMILES string of the molecule is CCC12CN3CC(CC)(CN(C1)C3c1cccnc1)C2O. The van der Waals surface area contributed by atoms with Gasteiger partial charge in [-0.15, -0.1) is 0 Å². The van der Waals surface area contributed by atoms with Crippen LogP contribution in [-0.4, -0.2) is 52.2 Å². The Hall–Kier alpha value is -0.970. The highest BCUT2D eigenvalue weighted by Crippen LogP contribution is 2.56. The van der Waals surface area contributed by atoms with Crippen molar-refractivity contribution in [1.82, 2.24) is 14.8 Å². The van der Waals surface area contributed by atoms with Crippen molar-refractivity contribution >= 4 is 0 Å². The van der Waals surface area contributed by atoms with Gasteiger partial charge < -0.3 is 5.11 Å². The van der Waals surface area contributed by atoms with Gasteiger partial charge in [0.2, 0.25) is 0 Å². The van der Waals surface area contributed by atoms with E-state index < -0.39 is 0 Å². The van der Waals surface area contributed by atoms with Crippen LogP contribution in [0.1, 0.15) is 38.4 Å². The molecule has 1 N–H and O–H groups in total. The Labute approximate surface area is 126 Å². The third kappa shape index (κ3) is 1.70. The van der Waals surface area contributed by atoms with E-state index in [-0.39, 0.29) is 16.9 Å². The monoisotopic (exact) mass is 287 g/mol. The van der Waals surface area contributed by atoms with Crippen LogP contribution in [0.25, 0.3) is 0 Å². The minimum atomic E-state index is -0.151. The molecule has 114 valence electrons. The molecule has 4 aliphatic heterocycles. The molecule has 4 aliphatic rings. The van der Waals surface area contributed by atoms with Crippen LogP contribution in [0.3, 0.4) is 0 Å². The Morgan fingerprint density at radius 3 is 2.14 bits per heavy atom. The summed E-state index contributed by atoms with van der Waals surface area (Å²) < 4.78 is 0. The van der Waals surface area contributed by atoms with Gasteiger partial charge in [-0.05, 0) is 18.9 Å². The normalized spacial score (nSPS) is 47.8. The highest BCUT2D eigenvalue weighted by molar-refractivity contribution is 5.22. The first kappa shape index (κ1) is 13.7. The molecule has 0 radical (unpaired) electrons. The molecule has 0 unspecified atom stereocenters. The first-order valence-corrected chi connectivity index (χ1v) is 8.20. The van der Waals surface area contributed by atoms with Gasteiger partial charge in [-0.3, -0.25) is 14.8 Å². The number of hydrogen-bond donors (Lipinski definition) is 1. The van der Waals surface area contributed by atoms with E-state index in [0.717, 1.165) is 39.0 Å². The van der Waals surface area contributed by atoms with Gasteiger partial charge in [0, 0.05) is 55.0 Å². The van der Waals surface area contributed by atoms with Gasteiger partial charge in [0.15, 0.2) is 0 Å². The maximum absolute atomic E-state index is 11.0. The molecule has 4 heteroatoms. The maximum Gasteiger partial charge on any atom is 0.0902 e. The van der Waals surface area contributed by atoms with Crippen molar-refractivity contribution in [3.05, 3.63) is 30.1 Å². The molecule has 4 nitrogen and oxygen atoms in total. The third-order valence-electron chi connectivity index (χ3n) is 6.31. The smallest absolute Gasteiger partial charge is 0.0902 e. The summed E-state index contributed by atoms with van der Waals surface area (Å²) in [5.41, 5.74) is 1.42. The highest BCUT2D eigenvalue weighted by atomic mass is 16.3. The van der Waals surface area contributed by atoms with Gasteiger partial charge in [0.05, 0.1) is 12.3 Å². The fraction of sp³-hybridized carbons (Fsp3) is 0.706. The quantitative estimate of drug-likeness (QED) is 0.921. The predicted octanol–water partition coefficient (Wildman–Crippen LogP) is 1.88. The lowest BCUT2D eigenvalue weighted by atomic mass is 9.57. The Morgan fingerprint density at radius 1 is 1.14 bits per heavy atom. The van der Waals surface area contributed by atoms with Crippen LogP contribution in [0.5, 0.6) is 0 Å². The molecule has 21 heavy (non-hydrogen) atoms. The van der Waals surface area contributed by atoms with Gasteiger partial charge in [0.25, 0.3) is 0 Å². The Balaban J connectivity index is 1.75. The molecule has 0 saturated carbocycles. The number of rotatable bonds is 3. The Morgan fingerprint density at radius 2 is 1.71 bits per heavy atom. The van der Waals surface area contributed by atoms with E-state index in [1.807, 2.05) is 18.5 Å². The molecule has 0 atom stereocenters. The third-order valence-corrected chi connectivity index (χ3v) is 6.31. The van der Waals surface area contributed by atoms with Crippen molar-refractivity contribution in [2.45, 2.75) is 39.0 Å². The first-order chi connectivity index (χ1) is 10.1. The van der Waals surface area contributed by atoms with E-state index in [0.29, 0.717) is 6.17 Å². The second-order valence-electron chi connectivity index (χ2n) is 7.30. The summed E-state index contributed by atoms with van der Waals surface area (Å²) in [6.07, 6.45) is 6.16. The lowest BCUT2D eigenvalue weighted by Crippen LogP contribution is -2.78. The number of hydrogen-bond acceptors (Lipinski definition) is 4. The van der Waals surface area contributed by atoms with Gasteiger partial charge in [-0.25, -0.2) is 0 Å². The largest absolute Gasteiger partial charge is 0.392 e. The van der Waals surface area contributed by atoms with E-state index in [2.05, 4.69) is 34.7 Å². The molecule has 4 bridgehead atoms. The van der Waals surface area contributed by atoms with Crippen LogP contribution in [0.4, 0.5) is 0 Å². The van der Waals surface area contributed by atoms with Gasteiger partial charge in [-0.2, -0.15) is 0 Å². The standard InChI is InChI=1S/C17H25N3O/c1-3-16-9-19-11-17(4-2,15(16)21)12-20(10-16)14(19)13-6-5-7-18-8-13/h5-8,14-15,21H,3-4,9-12H2,1-2H3. The lowest BCUT2D eigenvalue weighted by Gasteiger charge is -2.69. The summed E-state index contributed by atoms with van der Waals surface area (Å²) in [5, 5.41) is 11.0. The van der Waals surface area contributed by atoms with Crippen molar-refractivity contribution in [3.63, 3.8) is 0 Å². The molecular formula is C17H25N3O. The minimum absolute atomic E-state index is 0.0607. The van der Waals surface area contributed by atoms with E-state index in [1.165, 1.54) is 5.56 Å². The Kier molecular flexibility index (Phi) is 2.94. The van der Waals surface area contributed by atoms with Crippen LogP contribution in [0.15, 0.2) is 24.5 Å². The average molecular weight is 287 g/mol. The van der Waals surface area contributed by atoms with E-state index in [4.69, 9.17) is 0 Å². The van der Waals surface area contributed by atoms with Crippen LogP contribution in [0, 0.1) is 10.8 Å². The van der Waals surface area contributed by atoms with Crippen molar-refractivity contribution in [2.24, 2.45) is 10.8 Å². The molecule has 1 aromatic rings. The summed E-state index contributed by atoms with van der Waals surface area (Å²) >= 11 is 0. The molecule has 0 aliphatic carbocycles. The van der Waals surface area contributed by atoms with Crippen molar-refractivity contribution in [3.8, 4) is 0 Å². The summed E-state index contributed by atoms with van der Waals surface area (Å²) in [5.74, 6) is 0. The lowest BCUT2D eigenvalue weighted by molar-refractivity contribution is -0.266. The molecule has 0 amide bonds. The van der Waals surface area contributed by atoms with Crippen LogP contribution in [-0.2, 0) is 0 Å². The second-order valence-corrected chi connectivity index (χ2v) is 7.30. The van der Waals surface area contributed by atoms with Crippen molar-refractivity contribution < 1.29 is 5.11 Å². The summed E-state index contributed by atoms with van der Waals surface area (Å²) in [6.45, 7) is 8.54. The molecule has 5 heterocycles. The molecule has 4 saturated heterocycles. The van der Waals surface area contributed by atoms with E-state index in [1.54, 1.807) is 0 Å². The fourth-order valence-electron chi connectivity index (χ4n) is 5.19. The molecule has 0 spiro atoms. The summed E-state index contributed by atoms with van der Waals surface area (Å²) in [6, 6.07) is 4.22. The number of aliphatic hydroxyl groups excluding tert-OH is 1. The number of aliphatic hydroxyl groups is 1. The number of piperidine rings is 2. The van der Waals surface area contributed by atoms with Gasteiger partial charge >= 0.3 is 0 Å². The fourth-order valence-corrected chi connectivity index (χ4v) is 5.19. The average Bonchev–Trinajstić information content (AvgIpc) is 2.52. The molecule has 1 aromatic heterocycles. The maximum atomic E-state index is 11.0. The van der Waals surface area contributed by atoms with Crippen molar-refractivity contribution in [2.75, 3.05) is 26.2 Å².